The molecule has 1 aromatic carbocycles. The second-order valence-corrected chi connectivity index (χ2v) is 10.7. The van der Waals surface area contributed by atoms with E-state index in [4.69, 9.17) is 0 Å². The van der Waals surface area contributed by atoms with Crippen molar-refractivity contribution in [3.63, 3.8) is 0 Å². The van der Waals surface area contributed by atoms with Crippen LogP contribution in [0.2, 0.25) is 0 Å². The maximum Gasteiger partial charge on any atom is 0.218 e. The van der Waals surface area contributed by atoms with Crippen molar-refractivity contribution in [2.45, 2.75) is 25.6 Å². The highest BCUT2D eigenvalue weighted by Gasteiger charge is 2.27. The molecule has 4 rings (SSSR count). The van der Waals surface area contributed by atoms with Crippen LogP contribution in [0, 0.1) is 6.92 Å². The van der Waals surface area contributed by atoms with E-state index < -0.39 is 10.0 Å². The van der Waals surface area contributed by atoms with Gasteiger partial charge in [-0.05, 0) is 30.4 Å². The summed E-state index contributed by atoms with van der Waals surface area (Å²) in [6.45, 7) is 7.56. The van der Waals surface area contributed by atoms with Crippen molar-refractivity contribution >= 4 is 37.4 Å². The first-order valence-electron chi connectivity index (χ1n) is 10.1. The van der Waals surface area contributed by atoms with Crippen LogP contribution in [0.15, 0.2) is 42.0 Å². The highest BCUT2D eigenvalue weighted by Crippen LogP contribution is 2.28. The fourth-order valence-electron chi connectivity index (χ4n) is 3.80. The van der Waals surface area contributed by atoms with Gasteiger partial charge in [0.15, 0.2) is 0 Å². The average molecular weight is 446 g/mol. The van der Waals surface area contributed by atoms with Crippen LogP contribution < -0.4 is 5.32 Å². The predicted molar refractivity (Wildman–Crippen MR) is 122 cm³/mol. The van der Waals surface area contributed by atoms with Crippen LogP contribution in [0.4, 0.5) is 5.82 Å². The van der Waals surface area contributed by atoms with Crippen molar-refractivity contribution in [2.75, 3.05) is 38.0 Å². The number of hydrogen-bond donors (Lipinski definition) is 1. The molecule has 7 nitrogen and oxygen atoms in total. The molecule has 0 amide bonds. The zero-order valence-electron chi connectivity index (χ0n) is 17.3. The van der Waals surface area contributed by atoms with E-state index in [1.165, 1.54) is 5.56 Å². The van der Waals surface area contributed by atoms with Crippen LogP contribution in [-0.4, -0.2) is 66.4 Å². The number of aromatic nitrogens is 2. The lowest BCUT2D eigenvalue weighted by molar-refractivity contribution is 0.184. The van der Waals surface area contributed by atoms with E-state index in [1.807, 2.05) is 30.3 Å². The molecule has 1 saturated heterocycles. The fraction of sp³-hybridized carbons (Fsp3) is 0.429. The van der Waals surface area contributed by atoms with Crippen LogP contribution in [0.1, 0.15) is 18.1 Å². The molecule has 1 N–H and O–H groups in total. The summed E-state index contributed by atoms with van der Waals surface area (Å²) in [4.78, 5) is 11.1. The number of sulfonamides is 1. The van der Waals surface area contributed by atoms with Gasteiger partial charge in [0.25, 0.3) is 0 Å². The molecule has 1 aliphatic heterocycles. The van der Waals surface area contributed by atoms with Gasteiger partial charge in [0.2, 0.25) is 10.0 Å². The Bertz CT molecular complexity index is 1090. The van der Waals surface area contributed by atoms with Crippen LogP contribution in [-0.2, 0) is 15.8 Å². The van der Waals surface area contributed by atoms with Gasteiger partial charge >= 0.3 is 0 Å². The molecule has 3 aromatic rings. The largest absolute Gasteiger partial charge is 0.365 e. The standard InChI is InChI=1S/C21H27N5O2S2/c1-16-13-29-20-19(16)22-15-23-21(20)24-17(2)12-25-8-10-26(11-9-25)30(27,28)14-18-6-4-3-5-7-18/h3-7,13,15,17H,8-12,14H2,1-2H3,(H,22,23,24)/t17-/m0/s1. The molecule has 0 saturated carbocycles. The van der Waals surface area contributed by atoms with E-state index in [9.17, 15) is 8.42 Å². The molecule has 0 bridgehead atoms. The van der Waals surface area contributed by atoms with Gasteiger partial charge < -0.3 is 5.32 Å². The molecule has 0 radical (unpaired) electrons. The predicted octanol–water partition coefficient (Wildman–Crippen LogP) is 2.95. The van der Waals surface area contributed by atoms with Crippen LogP contribution in [0.3, 0.4) is 0 Å². The minimum atomic E-state index is -3.28. The van der Waals surface area contributed by atoms with Crippen molar-refractivity contribution in [3.8, 4) is 0 Å². The molecule has 3 heterocycles. The van der Waals surface area contributed by atoms with E-state index >= 15 is 0 Å². The average Bonchev–Trinajstić information content (AvgIpc) is 3.11. The number of nitrogens with zero attached hydrogens (tertiary/aromatic N) is 4. The van der Waals surface area contributed by atoms with Gasteiger partial charge in [-0.25, -0.2) is 18.4 Å². The van der Waals surface area contributed by atoms with Gasteiger partial charge in [-0.1, -0.05) is 30.3 Å². The number of benzene rings is 1. The summed E-state index contributed by atoms with van der Waals surface area (Å²) >= 11 is 1.66. The Morgan fingerprint density at radius 2 is 1.87 bits per heavy atom. The van der Waals surface area contributed by atoms with E-state index in [1.54, 1.807) is 22.0 Å². The summed E-state index contributed by atoms with van der Waals surface area (Å²) in [6.07, 6.45) is 1.60. The summed E-state index contributed by atoms with van der Waals surface area (Å²) in [5, 5.41) is 5.61. The Hall–Kier alpha value is -2.07. The van der Waals surface area contributed by atoms with Crippen molar-refractivity contribution < 1.29 is 8.42 Å². The van der Waals surface area contributed by atoms with Crippen molar-refractivity contribution in [1.82, 2.24) is 19.2 Å². The molecule has 30 heavy (non-hydrogen) atoms. The summed E-state index contributed by atoms with van der Waals surface area (Å²) in [6, 6.07) is 9.56. The third-order valence-corrected chi connectivity index (χ3v) is 8.31. The first-order chi connectivity index (χ1) is 14.4. The molecule has 9 heteroatoms. The van der Waals surface area contributed by atoms with Gasteiger partial charge in [0.1, 0.15) is 12.1 Å². The number of thiophene rings is 1. The molecule has 0 aliphatic carbocycles. The van der Waals surface area contributed by atoms with E-state index in [2.05, 4.69) is 39.4 Å². The molecular formula is C21H27N5O2S2. The minimum Gasteiger partial charge on any atom is -0.365 e. The second-order valence-electron chi connectivity index (χ2n) is 7.81. The molecule has 0 unspecified atom stereocenters. The van der Waals surface area contributed by atoms with E-state index in [-0.39, 0.29) is 11.8 Å². The molecule has 0 spiro atoms. The normalized spacial score (nSPS) is 17.3. The third-order valence-electron chi connectivity index (χ3n) is 5.36. The highest BCUT2D eigenvalue weighted by atomic mass is 32.2. The Morgan fingerprint density at radius 1 is 1.13 bits per heavy atom. The Balaban J connectivity index is 1.31. The highest BCUT2D eigenvalue weighted by molar-refractivity contribution is 7.88. The van der Waals surface area contributed by atoms with Crippen molar-refractivity contribution in [2.24, 2.45) is 0 Å². The quantitative estimate of drug-likeness (QED) is 0.602. The molecule has 1 aliphatic rings. The summed E-state index contributed by atoms with van der Waals surface area (Å²) in [7, 11) is -3.28. The number of piperazine rings is 1. The molecule has 1 fully saturated rings. The van der Waals surface area contributed by atoms with E-state index in [0.29, 0.717) is 13.1 Å². The number of aryl methyl sites for hydroxylation is 1. The fourth-order valence-corrected chi connectivity index (χ4v) is 6.28. The number of rotatable bonds is 7. The molecule has 1 atom stereocenters. The Labute approximate surface area is 181 Å². The maximum atomic E-state index is 12.7. The lowest BCUT2D eigenvalue weighted by Crippen LogP contribution is -2.51. The lowest BCUT2D eigenvalue weighted by Gasteiger charge is -2.35. The first-order valence-corrected chi connectivity index (χ1v) is 12.6. The van der Waals surface area contributed by atoms with Crippen LogP contribution in [0.5, 0.6) is 0 Å². The van der Waals surface area contributed by atoms with Crippen LogP contribution in [0.25, 0.3) is 10.2 Å². The SMILES string of the molecule is Cc1csc2c(N[C@@H](C)CN3CCN(S(=O)(=O)Cc4ccccc4)CC3)ncnc12. The van der Waals surface area contributed by atoms with Crippen molar-refractivity contribution in [1.29, 1.82) is 0 Å². The monoisotopic (exact) mass is 445 g/mol. The number of fused-ring (bicyclic) bond motifs is 1. The molecular weight excluding hydrogens is 418 g/mol. The van der Waals surface area contributed by atoms with Gasteiger partial charge in [-0.2, -0.15) is 4.31 Å². The van der Waals surface area contributed by atoms with E-state index in [0.717, 1.165) is 41.2 Å². The molecule has 2 aromatic heterocycles. The second kappa shape index (κ2) is 8.97. The molecule has 160 valence electrons. The summed E-state index contributed by atoms with van der Waals surface area (Å²) in [5.74, 6) is 0.935. The number of nitrogens with one attached hydrogen (secondary N) is 1. The number of hydrogen-bond acceptors (Lipinski definition) is 7. The van der Waals surface area contributed by atoms with Gasteiger partial charge in [-0.15, -0.1) is 11.3 Å². The van der Waals surface area contributed by atoms with Crippen LogP contribution >= 0.6 is 11.3 Å². The van der Waals surface area contributed by atoms with Crippen molar-refractivity contribution in [3.05, 3.63) is 53.2 Å². The van der Waals surface area contributed by atoms with Gasteiger partial charge in [0.05, 0.1) is 16.0 Å². The summed E-state index contributed by atoms with van der Waals surface area (Å²) < 4.78 is 28.2. The summed E-state index contributed by atoms with van der Waals surface area (Å²) in [5.41, 5.74) is 3.00. The smallest absolute Gasteiger partial charge is 0.218 e. The zero-order chi connectivity index (χ0) is 21.1. The minimum absolute atomic E-state index is 0.0652. The van der Waals surface area contributed by atoms with Gasteiger partial charge in [0, 0.05) is 38.8 Å². The number of anilines is 1. The third kappa shape index (κ3) is 4.80. The lowest BCUT2D eigenvalue weighted by atomic mass is 10.2. The van der Waals surface area contributed by atoms with Gasteiger partial charge in [-0.3, -0.25) is 4.90 Å². The first kappa shape index (κ1) is 21.2. The maximum absolute atomic E-state index is 12.7. The zero-order valence-corrected chi connectivity index (χ0v) is 18.9. The topological polar surface area (TPSA) is 78.4 Å². The Kier molecular flexibility index (Phi) is 6.33. The Morgan fingerprint density at radius 3 is 2.60 bits per heavy atom.